The maximum absolute atomic E-state index is 14.0. The third kappa shape index (κ3) is 5.20. The normalized spacial score (nSPS) is 22.9. The molecular weight excluding hydrogens is 417 g/mol. The van der Waals surface area contributed by atoms with Crippen LogP contribution in [0, 0.1) is 11.7 Å². The molecule has 168 valence electrons. The van der Waals surface area contributed by atoms with Crippen LogP contribution in [0.1, 0.15) is 39.5 Å². The number of hydrogen-bond acceptors (Lipinski definition) is 6. The minimum Gasteiger partial charge on any atom is -0.378 e. The van der Waals surface area contributed by atoms with Gasteiger partial charge in [-0.1, -0.05) is 37.6 Å². The third-order valence-electron chi connectivity index (χ3n) is 6.07. The molecule has 2 fully saturated rings. The van der Waals surface area contributed by atoms with E-state index in [-0.39, 0.29) is 23.0 Å². The molecule has 1 amide bonds. The molecule has 2 heterocycles. The molecule has 1 aromatic carbocycles. The van der Waals surface area contributed by atoms with E-state index in [9.17, 15) is 9.18 Å². The van der Waals surface area contributed by atoms with Gasteiger partial charge in [0.2, 0.25) is 11.9 Å². The van der Waals surface area contributed by atoms with Gasteiger partial charge in [-0.15, -0.1) is 10.2 Å². The van der Waals surface area contributed by atoms with E-state index in [4.69, 9.17) is 4.74 Å². The lowest BCUT2D eigenvalue weighted by Gasteiger charge is -2.30. The number of morpholine rings is 1. The van der Waals surface area contributed by atoms with E-state index < -0.39 is 0 Å². The summed E-state index contributed by atoms with van der Waals surface area (Å²) in [6, 6.07) is 6.61. The highest BCUT2D eigenvalue weighted by Gasteiger charge is 2.28. The second kappa shape index (κ2) is 9.99. The zero-order valence-electron chi connectivity index (χ0n) is 18.1. The Bertz CT molecular complexity index is 902. The first kappa shape index (κ1) is 22.1. The number of hydrogen-bond donors (Lipinski definition) is 1. The van der Waals surface area contributed by atoms with Gasteiger partial charge in [0, 0.05) is 19.1 Å². The smallest absolute Gasteiger partial charge is 0.233 e. The number of nitrogens with zero attached hydrogens (tertiary/aromatic N) is 4. The van der Waals surface area contributed by atoms with E-state index in [1.165, 1.54) is 30.3 Å². The van der Waals surface area contributed by atoms with Crippen LogP contribution in [0.25, 0.3) is 5.69 Å². The fourth-order valence-electron chi connectivity index (χ4n) is 4.19. The van der Waals surface area contributed by atoms with Crippen LogP contribution in [0.3, 0.4) is 0 Å². The number of aromatic nitrogens is 3. The van der Waals surface area contributed by atoms with Gasteiger partial charge in [0.05, 0.1) is 24.2 Å². The highest BCUT2D eigenvalue weighted by atomic mass is 32.2. The topological polar surface area (TPSA) is 72.3 Å². The zero-order chi connectivity index (χ0) is 21.8. The molecule has 4 rings (SSSR count). The van der Waals surface area contributed by atoms with Crippen molar-refractivity contribution in [2.75, 3.05) is 31.2 Å². The van der Waals surface area contributed by atoms with Gasteiger partial charge in [-0.3, -0.25) is 9.36 Å². The molecular formula is C22H30FN5O2S. The first-order valence-electron chi connectivity index (χ1n) is 11.0. The summed E-state index contributed by atoms with van der Waals surface area (Å²) >= 11 is 1.35. The number of carbonyl (C=O) groups is 1. The van der Waals surface area contributed by atoms with Crippen molar-refractivity contribution in [2.45, 2.75) is 56.0 Å². The van der Waals surface area contributed by atoms with Crippen LogP contribution in [0.15, 0.2) is 29.4 Å². The lowest BCUT2D eigenvalue weighted by Crippen LogP contribution is -2.44. The highest BCUT2D eigenvalue weighted by molar-refractivity contribution is 8.00. The number of anilines is 1. The minimum atomic E-state index is -0.344. The predicted octanol–water partition coefficient (Wildman–Crippen LogP) is 3.42. The fraction of sp³-hybridized carbons (Fsp3) is 0.591. The predicted molar refractivity (Wildman–Crippen MR) is 119 cm³/mol. The largest absolute Gasteiger partial charge is 0.378 e. The monoisotopic (exact) mass is 447 g/mol. The Balaban J connectivity index is 1.55. The van der Waals surface area contributed by atoms with Gasteiger partial charge >= 0.3 is 0 Å². The molecule has 2 aromatic rings. The van der Waals surface area contributed by atoms with Crippen molar-refractivity contribution in [3.8, 4) is 5.69 Å². The lowest BCUT2D eigenvalue weighted by molar-refractivity contribution is -0.121. The first-order chi connectivity index (χ1) is 15.0. The van der Waals surface area contributed by atoms with Gasteiger partial charge < -0.3 is 15.0 Å². The van der Waals surface area contributed by atoms with E-state index in [0.29, 0.717) is 49.0 Å². The van der Waals surface area contributed by atoms with Crippen LogP contribution in [0.4, 0.5) is 10.3 Å². The Hall–Kier alpha value is -2.13. The fourth-order valence-corrected chi connectivity index (χ4v) is 5.06. The van der Waals surface area contributed by atoms with Crippen molar-refractivity contribution >= 4 is 23.6 Å². The van der Waals surface area contributed by atoms with Crippen molar-refractivity contribution in [1.29, 1.82) is 0 Å². The summed E-state index contributed by atoms with van der Waals surface area (Å²) in [7, 11) is 0. The van der Waals surface area contributed by atoms with Crippen molar-refractivity contribution in [1.82, 2.24) is 20.1 Å². The van der Waals surface area contributed by atoms with Gasteiger partial charge in [-0.25, -0.2) is 4.39 Å². The number of thioether (sulfide) groups is 1. The van der Waals surface area contributed by atoms with Gasteiger partial charge in [0.1, 0.15) is 5.82 Å². The molecule has 9 heteroatoms. The summed E-state index contributed by atoms with van der Waals surface area (Å²) in [6.07, 6.45) is 4.58. The van der Waals surface area contributed by atoms with Crippen molar-refractivity contribution in [3.63, 3.8) is 0 Å². The maximum atomic E-state index is 14.0. The molecule has 1 aromatic heterocycles. The Morgan fingerprint density at radius 1 is 1.26 bits per heavy atom. The number of carbonyl (C=O) groups excluding carboxylic acids is 1. The summed E-state index contributed by atoms with van der Waals surface area (Å²) in [6.45, 7) is 6.68. The Morgan fingerprint density at radius 3 is 2.77 bits per heavy atom. The molecule has 2 aliphatic rings. The average molecular weight is 448 g/mol. The summed E-state index contributed by atoms with van der Waals surface area (Å²) in [5.41, 5.74) is 0.641. The molecule has 3 unspecified atom stereocenters. The van der Waals surface area contributed by atoms with Crippen LogP contribution >= 0.6 is 11.8 Å². The number of amides is 1. The van der Waals surface area contributed by atoms with Gasteiger partial charge in [-0.2, -0.15) is 0 Å². The maximum Gasteiger partial charge on any atom is 0.233 e. The molecule has 0 bridgehead atoms. The number of benzene rings is 1. The van der Waals surface area contributed by atoms with Crippen LogP contribution < -0.4 is 10.2 Å². The lowest BCUT2D eigenvalue weighted by atomic mass is 9.86. The summed E-state index contributed by atoms with van der Waals surface area (Å²) in [4.78, 5) is 15.0. The molecule has 1 aliphatic carbocycles. The molecule has 1 saturated carbocycles. The Morgan fingerprint density at radius 2 is 2.03 bits per heavy atom. The van der Waals surface area contributed by atoms with E-state index in [2.05, 4.69) is 27.3 Å². The molecule has 3 atom stereocenters. The molecule has 31 heavy (non-hydrogen) atoms. The van der Waals surface area contributed by atoms with E-state index in [1.807, 2.05) is 17.6 Å². The van der Waals surface area contributed by atoms with Crippen molar-refractivity contribution in [2.24, 2.45) is 5.92 Å². The first-order valence-corrected chi connectivity index (χ1v) is 11.9. The standard InChI is InChI=1S/C22H30FN5O2S/c1-15-6-3-4-9-19(15)24-20(29)16(2)31-22-26-25-21(27-10-12-30-13-11-27)28(22)18-8-5-7-17(23)14-18/h5,7-8,14-16,19H,3-4,6,9-13H2,1-2H3,(H,24,29). The number of ether oxygens (including phenoxy) is 1. The molecule has 1 N–H and O–H groups in total. The van der Waals surface area contributed by atoms with Crippen LogP contribution in [-0.4, -0.2) is 58.3 Å². The second-order valence-electron chi connectivity index (χ2n) is 8.33. The van der Waals surface area contributed by atoms with Gasteiger partial charge in [0.25, 0.3) is 0 Å². The van der Waals surface area contributed by atoms with E-state index in [0.717, 1.165) is 19.3 Å². The Kier molecular flexibility index (Phi) is 7.12. The van der Waals surface area contributed by atoms with E-state index in [1.54, 1.807) is 6.07 Å². The van der Waals surface area contributed by atoms with Gasteiger partial charge in [-0.05, 0) is 43.9 Å². The summed E-state index contributed by atoms with van der Waals surface area (Å²) < 4.78 is 21.3. The SMILES string of the molecule is CC(Sc1nnc(N2CCOCC2)n1-c1cccc(F)c1)C(=O)NC1CCCCC1C. The number of halogens is 1. The summed E-state index contributed by atoms with van der Waals surface area (Å²) in [5, 5.41) is 12.2. The van der Waals surface area contributed by atoms with Crippen LogP contribution in [0.2, 0.25) is 0 Å². The number of nitrogens with one attached hydrogen (secondary N) is 1. The minimum absolute atomic E-state index is 0.00506. The number of rotatable bonds is 6. The average Bonchev–Trinajstić information content (AvgIpc) is 3.19. The molecule has 7 nitrogen and oxygen atoms in total. The van der Waals surface area contributed by atoms with Crippen LogP contribution in [0.5, 0.6) is 0 Å². The third-order valence-corrected chi connectivity index (χ3v) is 7.11. The highest BCUT2D eigenvalue weighted by Crippen LogP contribution is 2.31. The Labute approximate surface area is 186 Å². The summed E-state index contributed by atoms with van der Waals surface area (Å²) in [5.74, 6) is 0.821. The van der Waals surface area contributed by atoms with Crippen molar-refractivity contribution < 1.29 is 13.9 Å². The zero-order valence-corrected chi connectivity index (χ0v) is 18.9. The second-order valence-corrected chi connectivity index (χ2v) is 9.64. The molecule has 0 radical (unpaired) electrons. The molecule has 0 spiro atoms. The van der Waals surface area contributed by atoms with E-state index >= 15 is 0 Å². The quantitative estimate of drug-likeness (QED) is 0.684. The van der Waals surface area contributed by atoms with Gasteiger partial charge in [0.15, 0.2) is 5.16 Å². The molecule has 1 aliphatic heterocycles. The molecule has 1 saturated heterocycles. The van der Waals surface area contributed by atoms with Crippen molar-refractivity contribution in [3.05, 3.63) is 30.1 Å². The van der Waals surface area contributed by atoms with Crippen LogP contribution in [-0.2, 0) is 9.53 Å².